The lowest BCUT2D eigenvalue weighted by atomic mass is 10.0. The van der Waals surface area contributed by atoms with Crippen LogP contribution in [0.4, 0.5) is 0 Å². The lowest BCUT2D eigenvalue weighted by molar-refractivity contribution is -0.131. The van der Waals surface area contributed by atoms with Gasteiger partial charge >= 0.3 is 0 Å². The van der Waals surface area contributed by atoms with Gasteiger partial charge in [-0.05, 0) is 31.0 Å². The molecule has 1 aliphatic heterocycles. The Kier molecular flexibility index (Phi) is 6.26. The van der Waals surface area contributed by atoms with Crippen molar-refractivity contribution in [3.05, 3.63) is 72.4 Å². The van der Waals surface area contributed by atoms with Gasteiger partial charge in [0.15, 0.2) is 0 Å². The number of rotatable bonds is 6. The third kappa shape index (κ3) is 4.91. The molecule has 2 amide bonds. The number of likely N-dealkylation sites (tertiary alicyclic amines) is 1. The number of carbonyl (C=O) groups is 2. The second-order valence-corrected chi connectivity index (χ2v) is 7.49. The van der Waals surface area contributed by atoms with E-state index in [-0.39, 0.29) is 17.9 Å². The van der Waals surface area contributed by atoms with Crippen LogP contribution in [0.3, 0.4) is 0 Å². The highest BCUT2D eigenvalue weighted by atomic mass is 16.5. The van der Waals surface area contributed by atoms with Crippen LogP contribution >= 0.6 is 0 Å². The summed E-state index contributed by atoms with van der Waals surface area (Å²) in [5.41, 5.74) is 1.40. The van der Waals surface area contributed by atoms with Gasteiger partial charge in [-0.1, -0.05) is 18.2 Å². The van der Waals surface area contributed by atoms with Crippen LogP contribution in [-0.2, 0) is 11.2 Å². The van der Waals surface area contributed by atoms with Crippen molar-refractivity contribution in [2.45, 2.75) is 25.3 Å². The number of para-hydroxylation sites is 1. The van der Waals surface area contributed by atoms with Crippen molar-refractivity contribution in [2.24, 2.45) is 0 Å². The van der Waals surface area contributed by atoms with Crippen molar-refractivity contribution in [2.75, 3.05) is 20.2 Å². The smallest absolute Gasteiger partial charge is 0.253 e. The SMILES string of the molecule is COc1ccccc1CC(=O)N1CCC(NC(=O)c2ccc(-n3ccnc3)nc2)CC1. The van der Waals surface area contributed by atoms with Gasteiger partial charge in [0, 0.05) is 43.3 Å². The molecule has 0 saturated carbocycles. The van der Waals surface area contributed by atoms with Gasteiger partial charge in [0.2, 0.25) is 5.91 Å². The number of piperidine rings is 1. The third-order valence-electron chi connectivity index (χ3n) is 5.50. The number of hydrogen-bond donors (Lipinski definition) is 1. The van der Waals surface area contributed by atoms with Crippen LogP contribution < -0.4 is 10.1 Å². The fourth-order valence-corrected chi connectivity index (χ4v) is 3.73. The predicted molar refractivity (Wildman–Crippen MR) is 115 cm³/mol. The number of amides is 2. The van der Waals surface area contributed by atoms with Gasteiger partial charge in [0.1, 0.15) is 17.9 Å². The zero-order chi connectivity index (χ0) is 21.6. The van der Waals surface area contributed by atoms with Gasteiger partial charge in [-0.25, -0.2) is 9.97 Å². The number of ether oxygens (including phenoxy) is 1. The summed E-state index contributed by atoms with van der Waals surface area (Å²) < 4.78 is 7.11. The number of carbonyl (C=O) groups excluding carboxylic acids is 2. The minimum Gasteiger partial charge on any atom is -0.496 e. The zero-order valence-electron chi connectivity index (χ0n) is 17.4. The Bertz CT molecular complexity index is 1030. The molecule has 8 heteroatoms. The molecule has 2 aromatic heterocycles. The summed E-state index contributed by atoms with van der Waals surface area (Å²) >= 11 is 0. The Balaban J connectivity index is 1.28. The molecule has 1 fully saturated rings. The molecule has 0 aliphatic carbocycles. The fraction of sp³-hybridized carbons (Fsp3) is 0.304. The molecule has 0 atom stereocenters. The number of methoxy groups -OCH3 is 1. The average Bonchev–Trinajstić information content (AvgIpc) is 3.35. The van der Waals surface area contributed by atoms with E-state index in [0.29, 0.717) is 30.9 Å². The molecule has 1 saturated heterocycles. The number of aromatic nitrogens is 3. The van der Waals surface area contributed by atoms with Crippen molar-refractivity contribution >= 4 is 11.8 Å². The maximum Gasteiger partial charge on any atom is 0.253 e. The largest absolute Gasteiger partial charge is 0.496 e. The first-order valence-electron chi connectivity index (χ1n) is 10.3. The van der Waals surface area contributed by atoms with Crippen LogP contribution in [0.25, 0.3) is 5.82 Å². The quantitative estimate of drug-likeness (QED) is 0.662. The van der Waals surface area contributed by atoms with Crippen LogP contribution in [0.5, 0.6) is 5.75 Å². The van der Waals surface area contributed by atoms with Crippen LogP contribution in [0.1, 0.15) is 28.8 Å². The van der Waals surface area contributed by atoms with Gasteiger partial charge in [-0.2, -0.15) is 0 Å². The molecular formula is C23H25N5O3. The maximum atomic E-state index is 12.7. The molecule has 8 nitrogen and oxygen atoms in total. The van der Waals surface area contributed by atoms with E-state index in [2.05, 4.69) is 15.3 Å². The number of hydrogen-bond acceptors (Lipinski definition) is 5. The molecule has 1 N–H and O–H groups in total. The van der Waals surface area contributed by atoms with E-state index in [0.717, 1.165) is 24.2 Å². The Labute approximate surface area is 180 Å². The molecule has 3 aromatic rings. The summed E-state index contributed by atoms with van der Waals surface area (Å²) in [5, 5.41) is 3.06. The summed E-state index contributed by atoms with van der Waals surface area (Å²) in [6.45, 7) is 1.24. The first-order chi connectivity index (χ1) is 15.1. The van der Waals surface area contributed by atoms with Crippen molar-refractivity contribution in [3.63, 3.8) is 0 Å². The third-order valence-corrected chi connectivity index (χ3v) is 5.50. The van der Waals surface area contributed by atoms with E-state index >= 15 is 0 Å². The summed E-state index contributed by atoms with van der Waals surface area (Å²) in [6.07, 6.45) is 8.46. The molecule has 3 heterocycles. The van der Waals surface area contributed by atoms with E-state index < -0.39 is 0 Å². The van der Waals surface area contributed by atoms with E-state index in [9.17, 15) is 9.59 Å². The first kappa shape index (κ1) is 20.6. The topological polar surface area (TPSA) is 89.4 Å². The molecule has 1 aliphatic rings. The van der Waals surface area contributed by atoms with Crippen molar-refractivity contribution in [1.29, 1.82) is 0 Å². The van der Waals surface area contributed by atoms with E-state index in [1.807, 2.05) is 29.2 Å². The van der Waals surface area contributed by atoms with E-state index in [1.165, 1.54) is 0 Å². The molecule has 0 spiro atoms. The second kappa shape index (κ2) is 9.42. The van der Waals surface area contributed by atoms with Gasteiger partial charge in [0.25, 0.3) is 5.91 Å². The monoisotopic (exact) mass is 419 g/mol. The Hall–Kier alpha value is -3.68. The van der Waals surface area contributed by atoms with Gasteiger partial charge in [-0.15, -0.1) is 0 Å². The molecule has 1 aromatic carbocycles. The Morgan fingerprint density at radius 3 is 2.65 bits per heavy atom. The Morgan fingerprint density at radius 1 is 1.16 bits per heavy atom. The Morgan fingerprint density at radius 2 is 1.97 bits per heavy atom. The minimum atomic E-state index is -0.150. The number of nitrogens with one attached hydrogen (secondary N) is 1. The van der Waals surface area contributed by atoms with Crippen molar-refractivity contribution in [3.8, 4) is 11.6 Å². The lowest BCUT2D eigenvalue weighted by Crippen LogP contribution is -2.47. The minimum absolute atomic E-state index is 0.0381. The summed E-state index contributed by atoms with van der Waals surface area (Å²) in [5.74, 6) is 1.36. The number of nitrogens with zero attached hydrogens (tertiary/aromatic N) is 4. The fourth-order valence-electron chi connectivity index (χ4n) is 3.73. The van der Waals surface area contributed by atoms with Gasteiger partial charge in [0.05, 0.1) is 19.1 Å². The van der Waals surface area contributed by atoms with E-state index in [1.54, 1.807) is 48.7 Å². The molecule has 4 rings (SSSR count). The van der Waals surface area contributed by atoms with Crippen molar-refractivity contribution in [1.82, 2.24) is 24.8 Å². The predicted octanol–water partition coefficient (Wildman–Crippen LogP) is 2.24. The maximum absolute atomic E-state index is 12.7. The normalized spacial score (nSPS) is 14.3. The molecule has 0 radical (unpaired) electrons. The molecule has 31 heavy (non-hydrogen) atoms. The molecule has 0 unspecified atom stereocenters. The average molecular weight is 419 g/mol. The highest BCUT2D eigenvalue weighted by molar-refractivity contribution is 5.94. The second-order valence-electron chi connectivity index (χ2n) is 7.49. The number of imidazole rings is 1. The van der Waals surface area contributed by atoms with Crippen LogP contribution in [0, 0.1) is 0 Å². The molecular weight excluding hydrogens is 394 g/mol. The standard InChI is InChI=1S/C23H25N5O3/c1-31-20-5-3-2-4-17(20)14-22(29)27-11-8-19(9-12-27)26-23(30)18-6-7-21(25-15-18)28-13-10-24-16-28/h2-7,10,13,15-16,19H,8-9,11-12,14H2,1H3,(H,26,30). The molecule has 160 valence electrons. The van der Waals surface area contributed by atoms with Crippen molar-refractivity contribution < 1.29 is 14.3 Å². The van der Waals surface area contributed by atoms with Crippen LogP contribution in [0.15, 0.2) is 61.3 Å². The van der Waals surface area contributed by atoms with Gasteiger partial charge in [-0.3, -0.25) is 14.2 Å². The zero-order valence-corrected chi connectivity index (χ0v) is 17.4. The number of benzene rings is 1. The van der Waals surface area contributed by atoms with E-state index in [4.69, 9.17) is 4.74 Å². The summed E-state index contributed by atoms with van der Waals surface area (Å²) in [6, 6.07) is 11.2. The lowest BCUT2D eigenvalue weighted by Gasteiger charge is -2.32. The highest BCUT2D eigenvalue weighted by Crippen LogP contribution is 2.20. The van der Waals surface area contributed by atoms with Crippen LogP contribution in [0.2, 0.25) is 0 Å². The highest BCUT2D eigenvalue weighted by Gasteiger charge is 2.24. The molecule has 0 bridgehead atoms. The number of pyridine rings is 1. The summed E-state index contributed by atoms with van der Waals surface area (Å²) in [4.78, 5) is 35.4. The van der Waals surface area contributed by atoms with Gasteiger partial charge < -0.3 is 15.0 Å². The van der Waals surface area contributed by atoms with Crippen LogP contribution in [-0.4, -0.2) is 57.5 Å². The first-order valence-corrected chi connectivity index (χ1v) is 10.3. The summed E-state index contributed by atoms with van der Waals surface area (Å²) in [7, 11) is 1.61.